The molecule has 0 bridgehead atoms. The maximum Gasteiger partial charge on any atom is 0.220 e. The number of allylic oxidation sites excluding steroid dienone is 3. The van der Waals surface area contributed by atoms with E-state index in [2.05, 4.69) is 31.3 Å². The van der Waals surface area contributed by atoms with E-state index in [9.17, 15) is 15.0 Å². The lowest BCUT2D eigenvalue weighted by atomic mass is 10.0. The van der Waals surface area contributed by atoms with Crippen LogP contribution in [0.4, 0.5) is 0 Å². The lowest BCUT2D eigenvalue weighted by molar-refractivity contribution is -0.123. The van der Waals surface area contributed by atoms with Crippen molar-refractivity contribution < 1.29 is 15.0 Å². The second-order valence-electron chi connectivity index (χ2n) is 12.6. The van der Waals surface area contributed by atoms with Crippen molar-refractivity contribution in [2.24, 2.45) is 0 Å². The van der Waals surface area contributed by atoms with E-state index in [-0.39, 0.29) is 12.5 Å². The van der Waals surface area contributed by atoms with Crippen LogP contribution in [0.3, 0.4) is 0 Å². The first-order valence-corrected chi connectivity index (χ1v) is 18.6. The van der Waals surface area contributed by atoms with Crippen LogP contribution in [0.5, 0.6) is 0 Å². The molecule has 0 aliphatic carbocycles. The highest BCUT2D eigenvalue weighted by molar-refractivity contribution is 5.76. The molecule has 0 heterocycles. The van der Waals surface area contributed by atoms with E-state index in [4.69, 9.17) is 0 Å². The Morgan fingerprint density at radius 2 is 0.905 bits per heavy atom. The van der Waals surface area contributed by atoms with Gasteiger partial charge in [-0.15, -0.1) is 0 Å². The Morgan fingerprint density at radius 1 is 0.548 bits per heavy atom. The molecule has 4 heteroatoms. The van der Waals surface area contributed by atoms with E-state index in [1.54, 1.807) is 6.08 Å². The Morgan fingerprint density at radius 3 is 1.31 bits per heavy atom. The van der Waals surface area contributed by atoms with Gasteiger partial charge in [-0.25, -0.2) is 0 Å². The zero-order valence-electron chi connectivity index (χ0n) is 28.3. The molecular formula is C38H73NO3. The number of nitrogens with one attached hydrogen (secondary N) is 1. The van der Waals surface area contributed by atoms with Gasteiger partial charge in [0.25, 0.3) is 0 Å². The third kappa shape index (κ3) is 30.3. The van der Waals surface area contributed by atoms with Gasteiger partial charge in [0.05, 0.1) is 18.8 Å². The molecule has 0 aromatic heterocycles. The van der Waals surface area contributed by atoms with Gasteiger partial charge >= 0.3 is 0 Å². The average Bonchev–Trinajstić information content (AvgIpc) is 2.99. The Bertz CT molecular complexity index is 603. The molecule has 0 aromatic carbocycles. The molecule has 1 amide bonds. The van der Waals surface area contributed by atoms with E-state index >= 15 is 0 Å². The minimum absolute atomic E-state index is 0.0699. The van der Waals surface area contributed by atoms with Gasteiger partial charge in [0.15, 0.2) is 0 Å². The summed E-state index contributed by atoms with van der Waals surface area (Å²) in [5.41, 5.74) is 0. The van der Waals surface area contributed by atoms with E-state index in [1.165, 1.54) is 148 Å². The first-order valence-electron chi connectivity index (χ1n) is 18.6. The van der Waals surface area contributed by atoms with Crippen LogP contribution < -0.4 is 5.32 Å². The van der Waals surface area contributed by atoms with Crippen molar-refractivity contribution in [2.75, 3.05) is 6.61 Å². The highest BCUT2D eigenvalue weighted by Gasteiger charge is 2.17. The average molecular weight is 592 g/mol. The zero-order valence-corrected chi connectivity index (χ0v) is 28.3. The number of amides is 1. The van der Waals surface area contributed by atoms with Crippen molar-refractivity contribution in [1.82, 2.24) is 5.32 Å². The van der Waals surface area contributed by atoms with Crippen LogP contribution in [-0.4, -0.2) is 34.9 Å². The van der Waals surface area contributed by atoms with Gasteiger partial charge in [-0.2, -0.15) is 0 Å². The van der Waals surface area contributed by atoms with Gasteiger partial charge in [-0.3, -0.25) is 4.79 Å². The molecule has 0 saturated carbocycles. The number of aliphatic hydroxyl groups is 2. The van der Waals surface area contributed by atoms with Crippen molar-refractivity contribution >= 4 is 5.91 Å². The molecule has 2 atom stereocenters. The third-order valence-electron chi connectivity index (χ3n) is 8.43. The van der Waals surface area contributed by atoms with Crippen molar-refractivity contribution in [3.8, 4) is 0 Å². The maximum atomic E-state index is 12.3. The molecule has 0 radical (unpaired) electrons. The lowest BCUT2D eigenvalue weighted by Crippen LogP contribution is -2.45. The number of carbonyl (C=O) groups is 1. The number of hydrogen-bond acceptors (Lipinski definition) is 3. The first-order chi connectivity index (χ1) is 20.7. The predicted octanol–water partition coefficient (Wildman–Crippen LogP) is 10.9. The molecule has 2 unspecified atom stereocenters. The van der Waals surface area contributed by atoms with Crippen molar-refractivity contribution in [3.63, 3.8) is 0 Å². The second kappa shape index (κ2) is 34.4. The predicted molar refractivity (Wildman–Crippen MR) is 184 cm³/mol. The van der Waals surface area contributed by atoms with E-state index in [0.717, 1.165) is 25.7 Å². The fourth-order valence-corrected chi connectivity index (χ4v) is 5.52. The minimum Gasteiger partial charge on any atom is -0.394 e. The summed E-state index contributed by atoms with van der Waals surface area (Å²) in [4.78, 5) is 12.3. The molecule has 3 N–H and O–H groups in total. The summed E-state index contributed by atoms with van der Waals surface area (Å²) in [5, 5.41) is 22.9. The molecule has 248 valence electrons. The van der Waals surface area contributed by atoms with Crippen LogP contribution in [-0.2, 0) is 4.79 Å². The Balaban J connectivity index is 3.61. The summed E-state index contributed by atoms with van der Waals surface area (Å²) in [7, 11) is 0. The minimum atomic E-state index is -0.836. The summed E-state index contributed by atoms with van der Waals surface area (Å²) in [6.07, 6.45) is 42.6. The third-order valence-corrected chi connectivity index (χ3v) is 8.43. The van der Waals surface area contributed by atoms with Crippen molar-refractivity contribution in [2.45, 2.75) is 206 Å². The number of carbonyl (C=O) groups excluding carboxylic acids is 1. The van der Waals surface area contributed by atoms with Crippen LogP contribution in [0, 0.1) is 0 Å². The topological polar surface area (TPSA) is 69.6 Å². The monoisotopic (exact) mass is 592 g/mol. The van der Waals surface area contributed by atoms with Gasteiger partial charge in [0.2, 0.25) is 5.91 Å². The number of aliphatic hydroxyl groups excluding tert-OH is 2. The molecular weight excluding hydrogens is 518 g/mol. The molecule has 0 aromatic rings. The Kier molecular flexibility index (Phi) is 33.4. The van der Waals surface area contributed by atoms with E-state index < -0.39 is 12.1 Å². The van der Waals surface area contributed by atoms with Crippen molar-refractivity contribution in [1.29, 1.82) is 0 Å². The number of rotatable bonds is 33. The molecule has 4 nitrogen and oxygen atoms in total. The van der Waals surface area contributed by atoms with E-state index in [0.29, 0.717) is 6.42 Å². The van der Waals surface area contributed by atoms with Gasteiger partial charge < -0.3 is 15.5 Å². The van der Waals surface area contributed by atoms with Gasteiger partial charge in [0, 0.05) is 6.42 Å². The van der Waals surface area contributed by atoms with Crippen LogP contribution in [0.15, 0.2) is 24.3 Å². The summed E-state index contributed by atoms with van der Waals surface area (Å²) in [6.45, 7) is 4.29. The Labute approximate surface area is 262 Å². The van der Waals surface area contributed by atoms with Gasteiger partial charge in [0.1, 0.15) is 0 Å². The molecule has 0 aliphatic heterocycles. The summed E-state index contributed by atoms with van der Waals surface area (Å²) >= 11 is 0. The van der Waals surface area contributed by atoms with Crippen molar-refractivity contribution in [3.05, 3.63) is 24.3 Å². The number of unbranched alkanes of at least 4 members (excludes halogenated alkanes) is 24. The zero-order chi connectivity index (χ0) is 30.8. The highest BCUT2D eigenvalue weighted by Crippen LogP contribution is 2.13. The van der Waals surface area contributed by atoms with Crippen LogP contribution in [0.25, 0.3) is 0 Å². The molecule has 0 aliphatic rings. The molecule has 0 spiro atoms. The SMILES string of the molecule is CCCCCCCCC/C=C\CCCCCCCCCC(=O)NC(CO)C(O)/C=C/CCCCCCCCCCCC. The summed E-state index contributed by atoms with van der Waals surface area (Å²) in [5.74, 6) is -0.0699. The summed E-state index contributed by atoms with van der Waals surface area (Å²) in [6, 6.07) is -0.619. The summed E-state index contributed by atoms with van der Waals surface area (Å²) < 4.78 is 0. The molecule has 0 fully saturated rings. The normalized spacial score (nSPS) is 13.3. The van der Waals surface area contributed by atoms with Gasteiger partial charge in [-0.1, -0.05) is 167 Å². The molecule has 42 heavy (non-hydrogen) atoms. The highest BCUT2D eigenvalue weighted by atomic mass is 16.3. The smallest absolute Gasteiger partial charge is 0.220 e. The van der Waals surface area contributed by atoms with Crippen LogP contribution in [0.1, 0.15) is 194 Å². The Hall–Kier alpha value is -1.13. The first kappa shape index (κ1) is 40.9. The van der Waals surface area contributed by atoms with Crippen LogP contribution >= 0.6 is 0 Å². The van der Waals surface area contributed by atoms with Crippen LogP contribution in [0.2, 0.25) is 0 Å². The maximum absolute atomic E-state index is 12.3. The fraction of sp³-hybridized carbons (Fsp3) is 0.868. The lowest BCUT2D eigenvalue weighted by Gasteiger charge is -2.20. The quantitative estimate of drug-likeness (QED) is 0.0525. The second-order valence-corrected chi connectivity index (χ2v) is 12.6. The molecule has 0 rings (SSSR count). The molecule has 0 saturated heterocycles. The standard InChI is InChI=1S/C38H73NO3/c1-3-5-7-9-11-13-15-17-18-19-20-21-22-24-26-28-30-32-34-38(42)39-36(35-40)37(41)33-31-29-27-25-23-16-14-12-10-8-6-4-2/h18-19,31,33,36-37,40-41H,3-17,20-30,32,34-35H2,1-2H3,(H,39,42)/b19-18-,33-31+. The number of hydrogen-bond donors (Lipinski definition) is 3. The van der Waals surface area contributed by atoms with E-state index in [1.807, 2.05) is 6.08 Å². The van der Waals surface area contributed by atoms with Gasteiger partial charge in [-0.05, 0) is 44.9 Å². The fourth-order valence-electron chi connectivity index (χ4n) is 5.52. The largest absolute Gasteiger partial charge is 0.394 e.